The van der Waals surface area contributed by atoms with Crippen molar-refractivity contribution in [3.05, 3.63) is 18.1 Å². The van der Waals surface area contributed by atoms with E-state index >= 15 is 0 Å². The molecule has 0 fully saturated rings. The van der Waals surface area contributed by atoms with Crippen LogP contribution in [-0.4, -0.2) is 15.4 Å². The fourth-order valence-electron chi connectivity index (χ4n) is 0.837. The largest absolute Gasteiger partial charge is 0.354 e. The number of rotatable bonds is 0. The average molecular weight is 135 g/mol. The molecule has 0 spiro atoms. The van der Waals surface area contributed by atoms with Crippen molar-refractivity contribution in [3.8, 4) is 0 Å². The molecule has 0 bridgehead atoms. The summed E-state index contributed by atoms with van der Waals surface area (Å²) in [6.45, 7) is 1.83. The number of aryl methyl sites for hydroxylation is 1. The van der Waals surface area contributed by atoms with Crippen LogP contribution in [0.5, 0.6) is 0 Å². The van der Waals surface area contributed by atoms with Gasteiger partial charge in [-0.15, -0.1) is 0 Å². The Morgan fingerprint density at radius 2 is 2.30 bits per heavy atom. The summed E-state index contributed by atoms with van der Waals surface area (Å²) in [6, 6.07) is 0. The maximum Gasteiger partial charge on any atom is 0.191 e. The Kier molecular flexibility index (Phi) is 0.943. The van der Waals surface area contributed by atoms with Crippen molar-refractivity contribution >= 4 is 11.0 Å². The van der Waals surface area contributed by atoms with E-state index in [9.17, 15) is 0 Å². The number of nitrogens with zero attached hydrogens (tertiary/aromatic N) is 3. The summed E-state index contributed by atoms with van der Waals surface area (Å²) in [7, 11) is 0. The van der Waals surface area contributed by atoms with E-state index in [4.69, 9.17) is 4.52 Å². The molecule has 4 heteroatoms. The van der Waals surface area contributed by atoms with Crippen molar-refractivity contribution in [3.63, 3.8) is 0 Å². The summed E-state index contributed by atoms with van der Waals surface area (Å²) in [4.78, 5) is 0. The molecule has 0 unspecified atom stereocenters. The molecule has 0 radical (unpaired) electrons. The summed E-state index contributed by atoms with van der Waals surface area (Å²) in [6.07, 6.45) is 3.25. The Bertz CT molecular complexity index is 355. The van der Waals surface area contributed by atoms with Crippen molar-refractivity contribution < 1.29 is 4.52 Å². The van der Waals surface area contributed by atoms with Gasteiger partial charge in [-0.3, -0.25) is 0 Å². The molecule has 0 saturated heterocycles. The van der Waals surface area contributed by atoms with Gasteiger partial charge in [-0.25, -0.2) is 0 Å². The van der Waals surface area contributed by atoms with Crippen molar-refractivity contribution in [1.29, 1.82) is 0 Å². The fraction of sp³-hybridized carbons (Fsp3) is 0.167. The lowest BCUT2D eigenvalue weighted by Crippen LogP contribution is -1.83. The van der Waals surface area contributed by atoms with Gasteiger partial charge in [0.05, 0.1) is 17.8 Å². The van der Waals surface area contributed by atoms with Gasteiger partial charge in [-0.05, 0) is 6.92 Å². The summed E-state index contributed by atoms with van der Waals surface area (Å²) in [5, 5.41) is 12.0. The van der Waals surface area contributed by atoms with Gasteiger partial charge in [-0.1, -0.05) is 5.16 Å². The Morgan fingerprint density at radius 1 is 1.40 bits per heavy atom. The summed E-state index contributed by atoms with van der Waals surface area (Å²) < 4.78 is 4.90. The topological polar surface area (TPSA) is 51.8 Å². The molecule has 0 atom stereocenters. The highest BCUT2D eigenvalue weighted by Crippen LogP contribution is 2.12. The van der Waals surface area contributed by atoms with Crippen LogP contribution in [0.1, 0.15) is 5.69 Å². The molecule has 0 saturated carbocycles. The molecule has 0 N–H and O–H groups in total. The molecule has 2 aromatic heterocycles. The van der Waals surface area contributed by atoms with Crippen LogP contribution in [0.3, 0.4) is 0 Å². The van der Waals surface area contributed by atoms with E-state index in [-0.39, 0.29) is 0 Å². The number of aromatic nitrogens is 3. The second-order valence-electron chi connectivity index (χ2n) is 2.04. The molecule has 0 aliphatic carbocycles. The van der Waals surface area contributed by atoms with Crippen LogP contribution < -0.4 is 0 Å². The third-order valence-electron chi connectivity index (χ3n) is 1.33. The highest BCUT2D eigenvalue weighted by atomic mass is 16.5. The van der Waals surface area contributed by atoms with E-state index in [1.54, 1.807) is 12.4 Å². The minimum Gasteiger partial charge on any atom is -0.354 e. The van der Waals surface area contributed by atoms with E-state index in [0.29, 0.717) is 0 Å². The maximum absolute atomic E-state index is 4.90. The van der Waals surface area contributed by atoms with E-state index < -0.39 is 0 Å². The SMILES string of the molecule is Cc1nncc2cnoc12. The molecule has 50 valence electrons. The van der Waals surface area contributed by atoms with Crippen molar-refractivity contribution in [2.45, 2.75) is 6.92 Å². The zero-order chi connectivity index (χ0) is 6.97. The second-order valence-corrected chi connectivity index (χ2v) is 2.04. The lowest BCUT2D eigenvalue weighted by molar-refractivity contribution is 0.453. The Labute approximate surface area is 56.9 Å². The zero-order valence-electron chi connectivity index (χ0n) is 5.40. The molecule has 2 aromatic rings. The van der Waals surface area contributed by atoms with Gasteiger partial charge in [0.1, 0.15) is 5.69 Å². The zero-order valence-corrected chi connectivity index (χ0v) is 5.40. The van der Waals surface area contributed by atoms with E-state index in [2.05, 4.69) is 15.4 Å². The molecule has 0 aliphatic heterocycles. The van der Waals surface area contributed by atoms with Gasteiger partial charge in [0, 0.05) is 0 Å². The van der Waals surface area contributed by atoms with Gasteiger partial charge in [0.15, 0.2) is 5.58 Å². The molecule has 0 aromatic carbocycles. The minimum absolute atomic E-state index is 0.718. The molecule has 2 heterocycles. The summed E-state index contributed by atoms with van der Waals surface area (Å²) in [5.41, 5.74) is 1.49. The molecule has 4 nitrogen and oxygen atoms in total. The van der Waals surface area contributed by atoms with Crippen LogP contribution in [0.2, 0.25) is 0 Å². The predicted octanol–water partition coefficient (Wildman–Crippen LogP) is 0.926. The van der Waals surface area contributed by atoms with Crippen LogP contribution in [0.15, 0.2) is 16.9 Å². The van der Waals surface area contributed by atoms with Gasteiger partial charge in [0.2, 0.25) is 0 Å². The van der Waals surface area contributed by atoms with Gasteiger partial charge < -0.3 is 4.52 Å². The van der Waals surface area contributed by atoms with E-state index in [1.165, 1.54) is 0 Å². The highest BCUT2D eigenvalue weighted by molar-refractivity contribution is 5.76. The molecule has 0 amide bonds. The van der Waals surface area contributed by atoms with Crippen molar-refractivity contribution in [1.82, 2.24) is 15.4 Å². The standard InChI is InChI=1S/C6H5N3O/c1-4-6-5(2-7-9-4)3-8-10-6/h2-3H,1H3. The Balaban J connectivity index is 2.95. The number of hydrogen-bond donors (Lipinski definition) is 0. The maximum atomic E-state index is 4.90. The summed E-state index contributed by atoms with van der Waals surface area (Å²) in [5.74, 6) is 0. The van der Waals surface area contributed by atoms with Gasteiger partial charge >= 0.3 is 0 Å². The Morgan fingerprint density at radius 3 is 3.10 bits per heavy atom. The molecule has 2 rings (SSSR count). The lowest BCUT2D eigenvalue weighted by Gasteiger charge is -1.86. The normalized spacial score (nSPS) is 10.5. The molecular weight excluding hydrogens is 130 g/mol. The third kappa shape index (κ3) is 0.586. The van der Waals surface area contributed by atoms with Gasteiger partial charge in [-0.2, -0.15) is 10.2 Å². The van der Waals surface area contributed by atoms with Gasteiger partial charge in [0.25, 0.3) is 0 Å². The first-order valence-corrected chi connectivity index (χ1v) is 2.90. The number of hydrogen-bond acceptors (Lipinski definition) is 4. The van der Waals surface area contributed by atoms with Crippen LogP contribution >= 0.6 is 0 Å². The van der Waals surface area contributed by atoms with Crippen molar-refractivity contribution in [2.75, 3.05) is 0 Å². The molecule has 10 heavy (non-hydrogen) atoms. The molecular formula is C6H5N3O. The van der Waals surface area contributed by atoms with Crippen LogP contribution in [0.25, 0.3) is 11.0 Å². The van der Waals surface area contributed by atoms with Crippen LogP contribution in [0.4, 0.5) is 0 Å². The monoisotopic (exact) mass is 135 g/mol. The average Bonchev–Trinajstić information content (AvgIpc) is 2.36. The highest BCUT2D eigenvalue weighted by Gasteiger charge is 2.01. The summed E-state index contributed by atoms with van der Waals surface area (Å²) >= 11 is 0. The molecule has 0 aliphatic rings. The van der Waals surface area contributed by atoms with E-state index in [1.807, 2.05) is 6.92 Å². The first kappa shape index (κ1) is 5.34. The smallest absolute Gasteiger partial charge is 0.191 e. The third-order valence-corrected chi connectivity index (χ3v) is 1.33. The first-order valence-electron chi connectivity index (χ1n) is 2.90. The first-order chi connectivity index (χ1) is 4.88. The quantitative estimate of drug-likeness (QED) is 0.539. The second kappa shape index (κ2) is 1.76. The van der Waals surface area contributed by atoms with E-state index in [0.717, 1.165) is 16.7 Å². The number of fused-ring (bicyclic) bond motifs is 1. The Hall–Kier alpha value is -1.45. The predicted molar refractivity (Wildman–Crippen MR) is 34.3 cm³/mol. The fourth-order valence-corrected chi connectivity index (χ4v) is 0.837. The van der Waals surface area contributed by atoms with Crippen LogP contribution in [-0.2, 0) is 0 Å². The van der Waals surface area contributed by atoms with Crippen molar-refractivity contribution in [2.24, 2.45) is 0 Å². The van der Waals surface area contributed by atoms with Crippen LogP contribution in [0, 0.1) is 6.92 Å². The minimum atomic E-state index is 0.718. The lowest BCUT2D eigenvalue weighted by atomic mass is 10.3.